The molecule has 0 fully saturated rings. The van der Waals surface area contributed by atoms with Crippen molar-refractivity contribution in [3.05, 3.63) is 41.3 Å². The molecular weight excluding hydrogens is 260 g/mol. The van der Waals surface area contributed by atoms with Gasteiger partial charge in [-0.15, -0.1) is 11.6 Å². The van der Waals surface area contributed by atoms with Crippen LogP contribution < -0.4 is 0 Å². The topological polar surface area (TPSA) is 38.7 Å². The van der Waals surface area contributed by atoms with Crippen molar-refractivity contribution in [3.8, 4) is 11.5 Å². The van der Waals surface area contributed by atoms with Crippen LogP contribution in [0.3, 0.4) is 0 Å². The molecule has 2 aromatic heterocycles. The molecule has 0 bridgehead atoms. The third-order valence-corrected chi connectivity index (χ3v) is 2.68. The Labute approximate surface area is 108 Å². The molecule has 0 spiro atoms. The minimum atomic E-state index is -2.68. The van der Waals surface area contributed by atoms with Crippen LogP contribution in [-0.2, 0) is 5.88 Å². The summed E-state index contributed by atoms with van der Waals surface area (Å²) in [5.74, 6) is 0.143. The Balaban J connectivity index is 2.50. The van der Waals surface area contributed by atoms with Gasteiger partial charge in [-0.05, 0) is 24.6 Å². The SMILES string of the molecule is Cc1ccnc(-c2ncc(CCl)c(C(F)F)n2)c1. The third kappa shape index (κ3) is 2.61. The lowest BCUT2D eigenvalue weighted by atomic mass is 10.2. The van der Waals surface area contributed by atoms with Gasteiger partial charge in [0, 0.05) is 18.0 Å². The molecule has 0 aliphatic rings. The van der Waals surface area contributed by atoms with Crippen LogP contribution >= 0.6 is 11.6 Å². The van der Waals surface area contributed by atoms with E-state index < -0.39 is 6.43 Å². The van der Waals surface area contributed by atoms with Crippen LogP contribution in [0, 0.1) is 6.92 Å². The number of aromatic nitrogens is 3. The fraction of sp³-hybridized carbons (Fsp3) is 0.250. The third-order valence-electron chi connectivity index (χ3n) is 2.39. The van der Waals surface area contributed by atoms with Crippen molar-refractivity contribution in [2.75, 3.05) is 0 Å². The van der Waals surface area contributed by atoms with E-state index in [2.05, 4.69) is 15.0 Å². The molecule has 0 atom stereocenters. The van der Waals surface area contributed by atoms with Gasteiger partial charge in [0.05, 0.1) is 5.88 Å². The molecule has 3 nitrogen and oxygen atoms in total. The largest absolute Gasteiger partial charge is 0.280 e. The van der Waals surface area contributed by atoms with Crippen molar-refractivity contribution in [1.82, 2.24) is 15.0 Å². The Hall–Kier alpha value is -1.62. The Kier molecular flexibility index (Phi) is 3.81. The zero-order chi connectivity index (χ0) is 13.1. The van der Waals surface area contributed by atoms with Gasteiger partial charge in [-0.3, -0.25) is 4.98 Å². The van der Waals surface area contributed by atoms with Crippen molar-refractivity contribution >= 4 is 11.6 Å². The molecule has 0 aliphatic carbocycles. The number of halogens is 3. The first-order chi connectivity index (χ1) is 8.61. The summed E-state index contributed by atoms with van der Waals surface area (Å²) in [6, 6.07) is 3.55. The maximum Gasteiger partial charge on any atom is 0.280 e. The molecule has 0 aliphatic heterocycles. The van der Waals surface area contributed by atoms with Crippen LogP contribution in [0.5, 0.6) is 0 Å². The summed E-state index contributed by atoms with van der Waals surface area (Å²) >= 11 is 5.57. The maximum absolute atomic E-state index is 12.8. The van der Waals surface area contributed by atoms with E-state index in [1.54, 1.807) is 12.3 Å². The average molecular weight is 270 g/mol. The number of nitrogens with zero attached hydrogens (tertiary/aromatic N) is 3. The molecule has 6 heteroatoms. The van der Waals surface area contributed by atoms with Crippen LogP contribution in [0.2, 0.25) is 0 Å². The Morgan fingerprint density at radius 1 is 1.33 bits per heavy atom. The predicted molar refractivity (Wildman–Crippen MR) is 64.5 cm³/mol. The molecule has 2 aromatic rings. The Bertz CT molecular complexity index is 561. The van der Waals surface area contributed by atoms with Gasteiger partial charge >= 0.3 is 0 Å². The molecule has 0 saturated heterocycles. The summed E-state index contributed by atoms with van der Waals surface area (Å²) in [5.41, 5.74) is 1.34. The van der Waals surface area contributed by atoms with E-state index in [0.29, 0.717) is 5.69 Å². The standard InChI is InChI=1S/C12H10ClF2N3/c1-7-2-3-16-9(4-7)12-17-6-8(5-13)10(18-12)11(14)15/h2-4,6,11H,5H2,1H3. The van der Waals surface area contributed by atoms with Gasteiger partial charge < -0.3 is 0 Å². The normalized spacial score (nSPS) is 10.9. The fourth-order valence-electron chi connectivity index (χ4n) is 1.49. The molecule has 0 unspecified atom stereocenters. The monoisotopic (exact) mass is 269 g/mol. The minimum absolute atomic E-state index is 0.0405. The summed E-state index contributed by atoms with van der Waals surface area (Å²) in [5, 5.41) is 0. The van der Waals surface area contributed by atoms with E-state index in [1.165, 1.54) is 6.20 Å². The molecule has 2 rings (SSSR count). The number of hydrogen-bond acceptors (Lipinski definition) is 3. The van der Waals surface area contributed by atoms with Gasteiger partial charge in [0.15, 0.2) is 5.82 Å². The molecular formula is C12H10ClF2N3. The van der Waals surface area contributed by atoms with E-state index in [1.807, 2.05) is 13.0 Å². The predicted octanol–water partition coefficient (Wildman–Crippen LogP) is 3.52. The van der Waals surface area contributed by atoms with Gasteiger partial charge in [-0.25, -0.2) is 18.7 Å². The van der Waals surface area contributed by atoms with Crippen LogP contribution in [0.25, 0.3) is 11.5 Å². The van der Waals surface area contributed by atoms with E-state index in [0.717, 1.165) is 5.56 Å². The van der Waals surface area contributed by atoms with Crippen molar-refractivity contribution in [1.29, 1.82) is 0 Å². The summed E-state index contributed by atoms with van der Waals surface area (Å²) in [6.07, 6.45) is 0.233. The first-order valence-corrected chi connectivity index (χ1v) is 5.78. The van der Waals surface area contributed by atoms with Crippen LogP contribution in [0.4, 0.5) is 8.78 Å². The molecule has 0 saturated carbocycles. The van der Waals surface area contributed by atoms with E-state index >= 15 is 0 Å². The van der Waals surface area contributed by atoms with Gasteiger partial charge in [0.1, 0.15) is 11.4 Å². The highest BCUT2D eigenvalue weighted by atomic mass is 35.5. The average Bonchev–Trinajstić information content (AvgIpc) is 2.38. The molecule has 0 aromatic carbocycles. The zero-order valence-electron chi connectivity index (χ0n) is 9.57. The van der Waals surface area contributed by atoms with Crippen molar-refractivity contribution in [3.63, 3.8) is 0 Å². The molecule has 2 heterocycles. The lowest BCUT2D eigenvalue weighted by Gasteiger charge is -2.07. The molecule has 94 valence electrons. The fourth-order valence-corrected chi connectivity index (χ4v) is 1.70. The molecule has 0 radical (unpaired) electrons. The molecule has 18 heavy (non-hydrogen) atoms. The zero-order valence-corrected chi connectivity index (χ0v) is 10.3. The number of hydrogen-bond donors (Lipinski definition) is 0. The lowest BCUT2D eigenvalue weighted by molar-refractivity contribution is 0.145. The van der Waals surface area contributed by atoms with Crippen molar-refractivity contribution in [2.45, 2.75) is 19.2 Å². The summed E-state index contributed by atoms with van der Waals surface area (Å²) in [6.45, 7) is 1.88. The number of alkyl halides is 3. The second kappa shape index (κ2) is 5.35. The smallest absolute Gasteiger partial charge is 0.253 e. The second-order valence-electron chi connectivity index (χ2n) is 3.76. The summed E-state index contributed by atoms with van der Waals surface area (Å²) in [4.78, 5) is 11.9. The highest BCUT2D eigenvalue weighted by Crippen LogP contribution is 2.24. The Morgan fingerprint density at radius 3 is 2.72 bits per heavy atom. The number of pyridine rings is 1. The van der Waals surface area contributed by atoms with Gasteiger partial charge in [-0.2, -0.15) is 0 Å². The van der Waals surface area contributed by atoms with E-state index in [-0.39, 0.29) is 23.0 Å². The van der Waals surface area contributed by atoms with Gasteiger partial charge in [0.2, 0.25) is 0 Å². The first kappa shape index (κ1) is 12.8. The highest BCUT2D eigenvalue weighted by Gasteiger charge is 2.17. The molecule has 0 amide bonds. The lowest BCUT2D eigenvalue weighted by Crippen LogP contribution is -2.02. The van der Waals surface area contributed by atoms with Crippen LogP contribution in [-0.4, -0.2) is 15.0 Å². The van der Waals surface area contributed by atoms with E-state index in [4.69, 9.17) is 11.6 Å². The Morgan fingerprint density at radius 2 is 2.11 bits per heavy atom. The van der Waals surface area contributed by atoms with Crippen LogP contribution in [0.1, 0.15) is 23.2 Å². The maximum atomic E-state index is 12.8. The van der Waals surface area contributed by atoms with Crippen molar-refractivity contribution < 1.29 is 8.78 Å². The minimum Gasteiger partial charge on any atom is -0.253 e. The number of aryl methyl sites for hydroxylation is 1. The summed E-state index contributed by atoms with van der Waals surface area (Å²) < 4.78 is 25.6. The first-order valence-electron chi connectivity index (χ1n) is 5.24. The second-order valence-corrected chi connectivity index (χ2v) is 4.02. The molecule has 0 N–H and O–H groups in total. The van der Waals surface area contributed by atoms with E-state index in [9.17, 15) is 8.78 Å². The van der Waals surface area contributed by atoms with Crippen LogP contribution in [0.15, 0.2) is 24.5 Å². The van der Waals surface area contributed by atoms with Gasteiger partial charge in [-0.1, -0.05) is 0 Å². The van der Waals surface area contributed by atoms with Crippen molar-refractivity contribution in [2.24, 2.45) is 0 Å². The number of rotatable bonds is 3. The van der Waals surface area contributed by atoms with Gasteiger partial charge in [0.25, 0.3) is 6.43 Å². The highest BCUT2D eigenvalue weighted by molar-refractivity contribution is 6.17. The summed E-state index contributed by atoms with van der Waals surface area (Å²) in [7, 11) is 0. The quantitative estimate of drug-likeness (QED) is 0.800.